The number of halogens is 1. The highest BCUT2D eigenvalue weighted by atomic mass is 35.5. The Balaban J connectivity index is 1.92. The van der Waals surface area contributed by atoms with Crippen molar-refractivity contribution in [3.63, 3.8) is 0 Å². The normalized spacial score (nSPS) is 12.2. The van der Waals surface area contributed by atoms with Crippen molar-refractivity contribution in [3.05, 3.63) is 53.8 Å². The number of rotatable bonds is 14. The van der Waals surface area contributed by atoms with E-state index in [9.17, 15) is 18.0 Å². The summed E-state index contributed by atoms with van der Waals surface area (Å²) < 4.78 is 33.5. The van der Waals surface area contributed by atoms with Gasteiger partial charge in [-0.2, -0.15) is 4.72 Å². The van der Waals surface area contributed by atoms with Crippen molar-refractivity contribution in [3.8, 4) is 5.75 Å². The first-order chi connectivity index (χ1) is 15.3. The molecule has 1 unspecified atom stereocenters. The molecule has 0 saturated carbocycles. The van der Waals surface area contributed by atoms with Crippen LogP contribution in [0, 0.1) is 0 Å². The van der Waals surface area contributed by atoms with Crippen molar-refractivity contribution in [1.82, 2.24) is 15.0 Å². The number of sulfonamides is 1. The summed E-state index contributed by atoms with van der Waals surface area (Å²) in [5.41, 5.74) is 0. The molecule has 0 saturated heterocycles. The first kappa shape index (κ1) is 25.6. The van der Waals surface area contributed by atoms with Gasteiger partial charge in [-0.05, 0) is 49.2 Å². The fourth-order valence-electron chi connectivity index (χ4n) is 2.77. The molecular weight excluding hydrogens is 458 g/mol. The van der Waals surface area contributed by atoms with Crippen LogP contribution >= 0.6 is 11.6 Å². The Hall–Kier alpha value is -2.69. The van der Waals surface area contributed by atoms with Crippen molar-refractivity contribution in [1.29, 1.82) is 0 Å². The van der Waals surface area contributed by atoms with Gasteiger partial charge in [0.2, 0.25) is 15.9 Å². The van der Waals surface area contributed by atoms with E-state index < -0.39 is 22.2 Å². The van der Waals surface area contributed by atoms with E-state index in [2.05, 4.69) is 15.0 Å². The van der Waals surface area contributed by atoms with E-state index in [0.29, 0.717) is 30.2 Å². The molecule has 0 spiro atoms. The number of nitrogens with one attached hydrogen (secondary N) is 2. The quantitative estimate of drug-likeness (QED) is 0.277. The van der Waals surface area contributed by atoms with Crippen LogP contribution in [0.1, 0.15) is 38.5 Å². The van der Waals surface area contributed by atoms with Crippen LogP contribution in [-0.2, 0) is 19.6 Å². The number of aromatic nitrogens is 1. The van der Waals surface area contributed by atoms with E-state index in [0.717, 1.165) is 12.8 Å². The Morgan fingerprint density at radius 1 is 1.09 bits per heavy atom. The molecule has 9 nitrogen and oxygen atoms in total. The van der Waals surface area contributed by atoms with Gasteiger partial charge in [0.1, 0.15) is 5.75 Å². The summed E-state index contributed by atoms with van der Waals surface area (Å²) in [5.74, 6) is -0.898. The zero-order valence-corrected chi connectivity index (χ0v) is 18.9. The van der Waals surface area contributed by atoms with Crippen molar-refractivity contribution in [2.24, 2.45) is 0 Å². The van der Waals surface area contributed by atoms with Gasteiger partial charge in [-0.15, -0.1) is 0 Å². The van der Waals surface area contributed by atoms with Gasteiger partial charge in [0.05, 0.1) is 17.5 Å². The number of unbranched alkanes of at least 4 members (excludes halogenated alkanes) is 3. The number of benzene rings is 1. The van der Waals surface area contributed by atoms with E-state index in [1.807, 2.05) is 0 Å². The summed E-state index contributed by atoms with van der Waals surface area (Å²) in [7, 11) is -3.97. The number of ether oxygens (including phenoxy) is 1. The van der Waals surface area contributed by atoms with Crippen LogP contribution in [0.25, 0.3) is 0 Å². The molecule has 1 aromatic carbocycles. The third-order valence-electron chi connectivity index (χ3n) is 4.33. The molecule has 1 aromatic heterocycles. The second-order valence-electron chi connectivity index (χ2n) is 6.98. The molecule has 0 aliphatic heterocycles. The monoisotopic (exact) mass is 483 g/mol. The van der Waals surface area contributed by atoms with E-state index in [1.165, 1.54) is 30.5 Å². The maximum atomic E-state index is 12.7. The minimum absolute atomic E-state index is 0.0107. The van der Waals surface area contributed by atoms with Gasteiger partial charge < -0.3 is 15.2 Å². The highest BCUT2D eigenvalue weighted by molar-refractivity contribution is 7.89. The second kappa shape index (κ2) is 13.0. The molecule has 0 fully saturated rings. The van der Waals surface area contributed by atoms with Gasteiger partial charge in [-0.3, -0.25) is 14.6 Å². The maximum Gasteiger partial charge on any atom is 0.303 e. The summed E-state index contributed by atoms with van der Waals surface area (Å²) in [5, 5.41) is 11.7. The molecule has 11 heteroatoms. The van der Waals surface area contributed by atoms with Crippen LogP contribution in [0.5, 0.6) is 5.75 Å². The highest BCUT2D eigenvalue weighted by Crippen LogP contribution is 2.16. The number of amides is 1. The molecule has 2 aromatic rings. The molecule has 1 amide bonds. The van der Waals surface area contributed by atoms with Crippen molar-refractivity contribution < 1.29 is 27.9 Å². The summed E-state index contributed by atoms with van der Waals surface area (Å²) >= 11 is 5.82. The maximum absolute atomic E-state index is 12.7. The number of nitrogens with zero attached hydrogens (tertiary/aromatic N) is 1. The van der Waals surface area contributed by atoms with Crippen LogP contribution in [0.2, 0.25) is 5.02 Å². The second-order valence-corrected chi connectivity index (χ2v) is 9.13. The molecule has 1 atom stereocenters. The molecule has 2 rings (SSSR count). The van der Waals surface area contributed by atoms with E-state index >= 15 is 0 Å². The fraction of sp³-hybridized carbons (Fsp3) is 0.381. The summed E-state index contributed by atoms with van der Waals surface area (Å²) in [6, 6.07) is 8.86. The third-order valence-corrected chi connectivity index (χ3v) is 6.05. The first-order valence-corrected chi connectivity index (χ1v) is 12.0. The lowest BCUT2D eigenvalue weighted by molar-refractivity contribution is -0.137. The lowest BCUT2D eigenvalue weighted by Gasteiger charge is -2.20. The Morgan fingerprint density at radius 3 is 2.47 bits per heavy atom. The number of hydrogen-bond donors (Lipinski definition) is 3. The number of carboxylic acid groups (broad SMARTS) is 1. The molecule has 174 valence electrons. The molecular formula is C21H26ClN3O6S. The fourth-order valence-corrected chi connectivity index (χ4v) is 4.00. The van der Waals surface area contributed by atoms with Crippen LogP contribution in [-0.4, -0.2) is 43.2 Å². The number of hydrogen-bond acceptors (Lipinski definition) is 6. The number of carboxylic acids is 1. The Morgan fingerprint density at radius 2 is 1.81 bits per heavy atom. The summed E-state index contributed by atoms with van der Waals surface area (Å²) in [6.07, 6.45) is 4.51. The summed E-state index contributed by atoms with van der Waals surface area (Å²) in [4.78, 5) is 26.8. The van der Waals surface area contributed by atoms with Gasteiger partial charge in [0, 0.05) is 24.2 Å². The van der Waals surface area contributed by atoms with Crippen LogP contribution in [0.3, 0.4) is 0 Å². The molecule has 32 heavy (non-hydrogen) atoms. The van der Waals surface area contributed by atoms with Crippen LogP contribution < -0.4 is 14.8 Å². The summed E-state index contributed by atoms with van der Waals surface area (Å²) in [6.45, 7) is 0.398. The smallest absolute Gasteiger partial charge is 0.303 e. The minimum Gasteiger partial charge on any atom is -0.481 e. The topological polar surface area (TPSA) is 135 Å². The standard InChI is InChI=1S/C21H26ClN3O6S/c22-16-8-10-18(11-9-16)32(29,30)25-20(31-17-6-5-12-23-15-17)14-19(26)24-13-4-2-1-3-7-21(27)28/h5-6,8-12,15,20,25H,1-4,7,13-14H2,(H,24,26)(H,27,28). The van der Waals surface area contributed by atoms with Crippen molar-refractivity contribution >= 4 is 33.5 Å². The average Bonchev–Trinajstić information content (AvgIpc) is 2.73. The Labute approximate surface area is 192 Å². The first-order valence-electron chi connectivity index (χ1n) is 10.1. The van der Waals surface area contributed by atoms with E-state index in [1.54, 1.807) is 18.3 Å². The van der Waals surface area contributed by atoms with Crippen LogP contribution in [0.15, 0.2) is 53.7 Å². The number of carbonyl (C=O) groups is 2. The molecule has 3 N–H and O–H groups in total. The average molecular weight is 484 g/mol. The Bertz CT molecular complexity index is 971. The molecule has 0 radical (unpaired) electrons. The molecule has 1 heterocycles. The Kier molecular flexibility index (Phi) is 10.4. The lowest BCUT2D eigenvalue weighted by atomic mass is 10.1. The van der Waals surface area contributed by atoms with Crippen molar-refractivity contribution in [2.75, 3.05) is 6.54 Å². The van der Waals surface area contributed by atoms with Gasteiger partial charge in [-0.1, -0.05) is 24.4 Å². The van der Waals surface area contributed by atoms with Gasteiger partial charge in [-0.25, -0.2) is 8.42 Å². The minimum atomic E-state index is -3.97. The number of aliphatic carboxylic acids is 1. The van der Waals surface area contributed by atoms with E-state index in [4.69, 9.17) is 21.4 Å². The SMILES string of the molecule is O=C(O)CCCCCCNC(=O)CC(NS(=O)(=O)c1ccc(Cl)cc1)Oc1cccnc1. The van der Waals surface area contributed by atoms with Gasteiger partial charge >= 0.3 is 5.97 Å². The lowest BCUT2D eigenvalue weighted by Crippen LogP contribution is -2.42. The van der Waals surface area contributed by atoms with Gasteiger partial charge in [0.25, 0.3) is 0 Å². The third kappa shape index (κ3) is 9.63. The van der Waals surface area contributed by atoms with Crippen LogP contribution in [0.4, 0.5) is 0 Å². The zero-order valence-electron chi connectivity index (χ0n) is 17.4. The van der Waals surface area contributed by atoms with Crippen molar-refractivity contribution in [2.45, 2.75) is 49.6 Å². The predicted molar refractivity (Wildman–Crippen MR) is 119 cm³/mol. The number of carbonyl (C=O) groups excluding carboxylic acids is 1. The molecule has 0 aliphatic rings. The zero-order chi connectivity index (χ0) is 23.4. The predicted octanol–water partition coefficient (Wildman–Crippen LogP) is 2.96. The molecule has 0 bridgehead atoms. The highest BCUT2D eigenvalue weighted by Gasteiger charge is 2.24. The van der Waals surface area contributed by atoms with E-state index in [-0.39, 0.29) is 23.6 Å². The largest absolute Gasteiger partial charge is 0.481 e. The number of pyridine rings is 1. The molecule has 0 aliphatic carbocycles. The van der Waals surface area contributed by atoms with Gasteiger partial charge in [0.15, 0.2) is 6.23 Å².